The average Bonchev–Trinajstić information content (AvgIpc) is 3.17. The number of hydrogen-bond donors (Lipinski definition) is 2. The molecule has 0 bridgehead atoms. The molecule has 2 aromatic heterocycles. The van der Waals surface area contributed by atoms with E-state index in [-0.39, 0.29) is 0 Å². The predicted molar refractivity (Wildman–Crippen MR) is 83.9 cm³/mol. The summed E-state index contributed by atoms with van der Waals surface area (Å²) >= 11 is 0. The minimum absolute atomic E-state index is 0.479. The van der Waals surface area contributed by atoms with Crippen molar-refractivity contribution in [2.24, 2.45) is 0 Å². The quantitative estimate of drug-likeness (QED) is 0.439. The third-order valence-electron chi connectivity index (χ3n) is 3.55. The molecule has 3 N–H and O–H groups in total. The molecule has 22 heavy (non-hydrogen) atoms. The third kappa shape index (κ3) is 1.89. The van der Waals surface area contributed by atoms with Gasteiger partial charge in [-0.15, -0.1) is 0 Å². The van der Waals surface area contributed by atoms with E-state index in [0.717, 1.165) is 16.0 Å². The van der Waals surface area contributed by atoms with Crippen molar-refractivity contribution in [2.75, 3.05) is 5.73 Å². The third-order valence-corrected chi connectivity index (χ3v) is 3.55. The Labute approximate surface area is 126 Å². The first-order valence-electron chi connectivity index (χ1n) is 6.80. The lowest BCUT2D eigenvalue weighted by molar-refractivity contribution is 0.203. The van der Waals surface area contributed by atoms with Gasteiger partial charge in [0, 0.05) is 23.6 Å². The van der Waals surface area contributed by atoms with Crippen LogP contribution in [0.4, 0.5) is 5.69 Å². The molecule has 6 nitrogen and oxygen atoms in total. The summed E-state index contributed by atoms with van der Waals surface area (Å²) in [6, 6.07) is 14.7. The number of rotatable bonds is 2. The van der Waals surface area contributed by atoms with E-state index < -0.39 is 0 Å². The molecule has 108 valence electrons. The summed E-state index contributed by atoms with van der Waals surface area (Å²) in [5.74, 6) is 0.479. The second kappa shape index (κ2) is 4.63. The van der Waals surface area contributed by atoms with Gasteiger partial charge < -0.3 is 10.9 Å². The Morgan fingerprint density at radius 2 is 1.86 bits per heavy atom. The molecule has 6 heteroatoms. The van der Waals surface area contributed by atoms with Gasteiger partial charge in [-0.05, 0) is 48.5 Å². The van der Waals surface area contributed by atoms with Gasteiger partial charge in [-0.2, -0.15) is 9.83 Å². The summed E-state index contributed by atoms with van der Waals surface area (Å²) < 4.78 is 2.82. The fraction of sp³-hybridized carbons (Fsp3) is 0. The molecule has 4 rings (SSSR count). The maximum atomic E-state index is 10.4. The van der Waals surface area contributed by atoms with Gasteiger partial charge in [-0.3, -0.25) is 0 Å². The Hall–Kier alpha value is -3.28. The maximum absolute atomic E-state index is 10.4. The van der Waals surface area contributed by atoms with Crippen molar-refractivity contribution in [1.29, 1.82) is 0 Å². The van der Waals surface area contributed by atoms with Gasteiger partial charge >= 0.3 is 0 Å². The highest BCUT2D eigenvalue weighted by Gasteiger charge is 2.13. The van der Waals surface area contributed by atoms with Gasteiger partial charge in [0.25, 0.3) is 0 Å². The van der Waals surface area contributed by atoms with Crippen LogP contribution in [-0.4, -0.2) is 24.7 Å². The first kappa shape index (κ1) is 12.5. The fourth-order valence-corrected chi connectivity index (χ4v) is 2.43. The van der Waals surface area contributed by atoms with E-state index >= 15 is 0 Å². The molecule has 0 radical (unpaired) electrons. The molecular weight excluding hydrogens is 278 g/mol. The zero-order valence-corrected chi connectivity index (χ0v) is 11.6. The second-order valence-corrected chi connectivity index (χ2v) is 4.99. The number of nitrogens with two attached hydrogens (primary N) is 1. The lowest BCUT2D eigenvalue weighted by atomic mass is 10.2. The van der Waals surface area contributed by atoms with Gasteiger partial charge in [-0.1, -0.05) is 0 Å². The summed E-state index contributed by atoms with van der Waals surface area (Å²) in [7, 11) is 0. The zero-order valence-electron chi connectivity index (χ0n) is 11.6. The molecular formula is C16H13N5O. The lowest BCUT2D eigenvalue weighted by Gasteiger charge is -2.03. The van der Waals surface area contributed by atoms with Crippen molar-refractivity contribution in [2.45, 2.75) is 0 Å². The maximum Gasteiger partial charge on any atom is 0.176 e. The van der Waals surface area contributed by atoms with Gasteiger partial charge in [-0.25, -0.2) is 9.67 Å². The summed E-state index contributed by atoms with van der Waals surface area (Å²) in [6.45, 7) is 0. The molecule has 0 fully saturated rings. The Balaban J connectivity index is 1.88. The van der Waals surface area contributed by atoms with Crippen LogP contribution >= 0.6 is 0 Å². The van der Waals surface area contributed by atoms with Crippen molar-refractivity contribution in [3.05, 3.63) is 60.9 Å². The molecule has 2 heterocycles. The number of imidazole rings is 1. The number of benzene rings is 2. The number of anilines is 1. The molecule has 0 aliphatic heterocycles. The Kier molecular flexibility index (Phi) is 2.62. The monoisotopic (exact) mass is 291 g/mol. The first-order chi connectivity index (χ1) is 10.7. The topological polar surface area (TPSA) is 81.9 Å². The number of aromatic nitrogens is 4. The molecule has 0 unspecified atom stereocenters. The average molecular weight is 291 g/mol. The molecule has 0 amide bonds. The van der Waals surface area contributed by atoms with Gasteiger partial charge in [0.1, 0.15) is 5.52 Å². The number of nitrogen functional groups attached to an aromatic ring is 1. The van der Waals surface area contributed by atoms with E-state index in [1.54, 1.807) is 23.0 Å². The van der Waals surface area contributed by atoms with Crippen molar-refractivity contribution in [1.82, 2.24) is 19.5 Å². The van der Waals surface area contributed by atoms with Crippen LogP contribution in [0.5, 0.6) is 0 Å². The van der Waals surface area contributed by atoms with Crippen LogP contribution in [0.15, 0.2) is 60.9 Å². The summed E-state index contributed by atoms with van der Waals surface area (Å²) in [4.78, 5) is 4.48. The normalized spacial score (nSPS) is 11.1. The largest absolute Gasteiger partial charge is 0.426 e. The Morgan fingerprint density at radius 1 is 1.05 bits per heavy atom. The van der Waals surface area contributed by atoms with E-state index in [4.69, 9.17) is 5.73 Å². The van der Waals surface area contributed by atoms with E-state index in [9.17, 15) is 5.21 Å². The van der Waals surface area contributed by atoms with Crippen LogP contribution in [0.1, 0.15) is 0 Å². The van der Waals surface area contributed by atoms with Gasteiger partial charge in [0.2, 0.25) is 0 Å². The minimum atomic E-state index is 0.479. The molecule has 2 aromatic carbocycles. The number of fused-ring (bicyclic) bond motifs is 1. The highest BCUT2D eigenvalue weighted by Crippen LogP contribution is 2.25. The van der Waals surface area contributed by atoms with Crippen LogP contribution in [-0.2, 0) is 0 Å². The van der Waals surface area contributed by atoms with Gasteiger partial charge in [0.05, 0.1) is 11.2 Å². The summed E-state index contributed by atoms with van der Waals surface area (Å²) in [5, 5.41) is 14.6. The highest BCUT2D eigenvalue weighted by molar-refractivity contribution is 5.82. The summed E-state index contributed by atoms with van der Waals surface area (Å²) in [6.07, 6.45) is 3.56. The van der Waals surface area contributed by atoms with E-state index in [1.807, 2.05) is 42.6 Å². The summed E-state index contributed by atoms with van der Waals surface area (Å²) in [5.41, 5.74) is 9.36. The van der Waals surface area contributed by atoms with Crippen LogP contribution in [0.2, 0.25) is 0 Å². The smallest absolute Gasteiger partial charge is 0.176 e. The van der Waals surface area contributed by atoms with Crippen molar-refractivity contribution >= 4 is 16.7 Å². The molecule has 0 spiro atoms. The van der Waals surface area contributed by atoms with Crippen LogP contribution in [0, 0.1) is 0 Å². The number of hydrogen-bond acceptors (Lipinski definition) is 4. The Bertz CT molecular complexity index is 939. The SMILES string of the molecule is Nc1ccc(-c2nc3ccc(-n4cccn4)cc3n2O)cc1. The van der Waals surface area contributed by atoms with Crippen LogP contribution in [0.25, 0.3) is 28.1 Å². The van der Waals surface area contributed by atoms with Gasteiger partial charge in [0.15, 0.2) is 5.82 Å². The molecule has 0 aliphatic carbocycles. The molecule has 0 atom stereocenters. The molecule has 4 aromatic rings. The predicted octanol–water partition coefficient (Wildman–Crippen LogP) is 2.71. The fourth-order valence-electron chi connectivity index (χ4n) is 2.43. The highest BCUT2D eigenvalue weighted by atomic mass is 16.5. The van der Waals surface area contributed by atoms with E-state index in [1.165, 1.54) is 0 Å². The van der Waals surface area contributed by atoms with Crippen molar-refractivity contribution < 1.29 is 5.21 Å². The molecule has 0 saturated carbocycles. The lowest BCUT2D eigenvalue weighted by Crippen LogP contribution is -1.97. The number of nitrogens with zero attached hydrogens (tertiary/aromatic N) is 4. The van der Waals surface area contributed by atoms with E-state index in [0.29, 0.717) is 22.5 Å². The van der Waals surface area contributed by atoms with Crippen molar-refractivity contribution in [3.63, 3.8) is 0 Å². The zero-order chi connectivity index (χ0) is 15.1. The van der Waals surface area contributed by atoms with Crippen LogP contribution in [0.3, 0.4) is 0 Å². The Morgan fingerprint density at radius 3 is 2.59 bits per heavy atom. The first-order valence-corrected chi connectivity index (χ1v) is 6.80. The van der Waals surface area contributed by atoms with Crippen LogP contribution < -0.4 is 5.73 Å². The molecule has 0 aliphatic rings. The minimum Gasteiger partial charge on any atom is -0.426 e. The van der Waals surface area contributed by atoms with Crippen molar-refractivity contribution in [3.8, 4) is 17.1 Å². The van der Waals surface area contributed by atoms with E-state index in [2.05, 4.69) is 10.1 Å². The molecule has 0 saturated heterocycles. The standard InChI is InChI=1S/C16H13N5O/c17-12-4-2-11(3-5-12)16-19-14-7-6-13(10-15(14)21(16)22)20-9-1-8-18-20/h1-10,22H,17H2. The second-order valence-electron chi connectivity index (χ2n) is 4.99.